The predicted molar refractivity (Wildman–Crippen MR) is 94.4 cm³/mol. The smallest absolute Gasteiger partial charge is 0.252 e. The highest BCUT2D eigenvalue weighted by atomic mass is 16.2. The second kappa shape index (κ2) is 10.0. The van der Waals surface area contributed by atoms with Crippen LogP contribution in [-0.4, -0.2) is 24.4 Å². The van der Waals surface area contributed by atoms with E-state index in [9.17, 15) is 9.59 Å². The Morgan fingerprint density at radius 2 is 1.83 bits per heavy atom. The molecule has 0 aliphatic carbocycles. The monoisotopic (exact) mass is 318 g/mol. The fraction of sp³-hybridized carbons (Fsp3) is 0.579. The van der Waals surface area contributed by atoms with Gasteiger partial charge in [0.1, 0.15) is 6.04 Å². The van der Waals surface area contributed by atoms with Crippen molar-refractivity contribution in [2.75, 3.05) is 6.54 Å². The Balaban J connectivity index is 2.68. The summed E-state index contributed by atoms with van der Waals surface area (Å²) in [4.78, 5) is 24.8. The van der Waals surface area contributed by atoms with E-state index in [-0.39, 0.29) is 11.8 Å². The number of rotatable bonds is 9. The van der Waals surface area contributed by atoms with Crippen LogP contribution >= 0.6 is 0 Å². The van der Waals surface area contributed by atoms with Gasteiger partial charge in [0.25, 0.3) is 5.91 Å². The SMILES string of the molecule is CCCCCNC(=O)C(CC(C)C)NC(=O)c1ccccc1C. The normalized spacial score (nSPS) is 12.0. The topological polar surface area (TPSA) is 58.2 Å². The summed E-state index contributed by atoms with van der Waals surface area (Å²) in [6.45, 7) is 8.80. The lowest BCUT2D eigenvalue weighted by atomic mass is 10.0. The molecule has 0 aliphatic heterocycles. The summed E-state index contributed by atoms with van der Waals surface area (Å²) >= 11 is 0. The molecule has 128 valence electrons. The summed E-state index contributed by atoms with van der Waals surface area (Å²) in [6.07, 6.45) is 3.83. The first-order valence-corrected chi connectivity index (χ1v) is 8.59. The van der Waals surface area contributed by atoms with Gasteiger partial charge < -0.3 is 10.6 Å². The third-order valence-corrected chi connectivity index (χ3v) is 3.80. The number of aryl methyl sites for hydroxylation is 1. The molecule has 1 aromatic carbocycles. The van der Waals surface area contributed by atoms with E-state index in [1.54, 1.807) is 6.07 Å². The number of hydrogen-bond acceptors (Lipinski definition) is 2. The van der Waals surface area contributed by atoms with Crippen molar-refractivity contribution >= 4 is 11.8 Å². The zero-order chi connectivity index (χ0) is 17.2. The van der Waals surface area contributed by atoms with Gasteiger partial charge in [0.05, 0.1) is 0 Å². The highest BCUT2D eigenvalue weighted by Gasteiger charge is 2.22. The van der Waals surface area contributed by atoms with E-state index in [1.807, 2.05) is 25.1 Å². The number of unbranched alkanes of at least 4 members (excludes halogenated alkanes) is 2. The Morgan fingerprint density at radius 3 is 2.43 bits per heavy atom. The summed E-state index contributed by atoms with van der Waals surface area (Å²) in [5.41, 5.74) is 1.54. The van der Waals surface area contributed by atoms with Crippen LogP contribution in [-0.2, 0) is 4.79 Å². The molecular weight excluding hydrogens is 288 g/mol. The summed E-state index contributed by atoms with van der Waals surface area (Å²) in [5.74, 6) is 0.0627. The predicted octanol–water partition coefficient (Wildman–Crippen LogP) is 3.45. The molecule has 0 saturated heterocycles. The average Bonchev–Trinajstić information content (AvgIpc) is 2.50. The van der Waals surface area contributed by atoms with Gasteiger partial charge in [0.15, 0.2) is 0 Å². The zero-order valence-electron chi connectivity index (χ0n) is 14.8. The van der Waals surface area contributed by atoms with Crippen molar-refractivity contribution in [1.82, 2.24) is 10.6 Å². The van der Waals surface area contributed by atoms with Gasteiger partial charge in [-0.15, -0.1) is 0 Å². The molecule has 1 atom stereocenters. The third-order valence-electron chi connectivity index (χ3n) is 3.80. The van der Waals surface area contributed by atoms with Crippen LogP contribution in [0.15, 0.2) is 24.3 Å². The van der Waals surface area contributed by atoms with E-state index < -0.39 is 6.04 Å². The molecule has 0 radical (unpaired) electrons. The van der Waals surface area contributed by atoms with Crippen LogP contribution in [0.2, 0.25) is 0 Å². The summed E-state index contributed by atoms with van der Waals surface area (Å²) < 4.78 is 0. The van der Waals surface area contributed by atoms with E-state index in [1.165, 1.54) is 0 Å². The minimum Gasteiger partial charge on any atom is -0.354 e. The molecule has 4 heteroatoms. The maximum atomic E-state index is 12.4. The van der Waals surface area contributed by atoms with E-state index >= 15 is 0 Å². The molecule has 1 aromatic rings. The molecule has 2 amide bonds. The van der Waals surface area contributed by atoms with Gasteiger partial charge in [-0.05, 0) is 37.3 Å². The Bertz CT molecular complexity index is 512. The van der Waals surface area contributed by atoms with E-state index in [0.29, 0.717) is 24.4 Å². The molecule has 2 N–H and O–H groups in total. The van der Waals surface area contributed by atoms with Gasteiger partial charge in [0, 0.05) is 12.1 Å². The number of carbonyl (C=O) groups excluding carboxylic acids is 2. The molecule has 0 fully saturated rings. The molecule has 1 unspecified atom stereocenters. The van der Waals surface area contributed by atoms with Crippen molar-refractivity contribution in [2.24, 2.45) is 5.92 Å². The lowest BCUT2D eigenvalue weighted by Crippen LogP contribution is -2.47. The molecule has 1 rings (SSSR count). The van der Waals surface area contributed by atoms with E-state index in [0.717, 1.165) is 24.8 Å². The van der Waals surface area contributed by atoms with Gasteiger partial charge >= 0.3 is 0 Å². The molecule has 0 heterocycles. The lowest BCUT2D eigenvalue weighted by Gasteiger charge is -2.20. The lowest BCUT2D eigenvalue weighted by molar-refractivity contribution is -0.123. The molecule has 0 saturated carbocycles. The maximum Gasteiger partial charge on any atom is 0.252 e. The number of carbonyl (C=O) groups is 2. The highest BCUT2D eigenvalue weighted by Crippen LogP contribution is 2.10. The van der Waals surface area contributed by atoms with Crippen molar-refractivity contribution in [3.05, 3.63) is 35.4 Å². The quantitative estimate of drug-likeness (QED) is 0.685. The molecule has 0 aliphatic rings. The zero-order valence-corrected chi connectivity index (χ0v) is 14.8. The summed E-state index contributed by atoms with van der Waals surface area (Å²) in [6, 6.07) is 6.94. The number of amides is 2. The van der Waals surface area contributed by atoms with Crippen molar-refractivity contribution in [3.8, 4) is 0 Å². The molecule has 0 aromatic heterocycles. The van der Waals surface area contributed by atoms with Crippen molar-refractivity contribution in [2.45, 2.75) is 59.4 Å². The Hall–Kier alpha value is -1.84. The van der Waals surface area contributed by atoms with Crippen LogP contribution in [0.25, 0.3) is 0 Å². The van der Waals surface area contributed by atoms with Crippen LogP contribution < -0.4 is 10.6 Å². The van der Waals surface area contributed by atoms with Gasteiger partial charge in [0.2, 0.25) is 5.91 Å². The number of hydrogen-bond donors (Lipinski definition) is 2. The third kappa shape index (κ3) is 6.85. The highest BCUT2D eigenvalue weighted by molar-refractivity contribution is 5.98. The average molecular weight is 318 g/mol. The largest absolute Gasteiger partial charge is 0.354 e. The maximum absolute atomic E-state index is 12.4. The fourth-order valence-electron chi connectivity index (χ4n) is 2.48. The molecule has 23 heavy (non-hydrogen) atoms. The first kappa shape index (κ1) is 19.2. The number of benzene rings is 1. The second-order valence-corrected chi connectivity index (χ2v) is 6.47. The van der Waals surface area contributed by atoms with Crippen LogP contribution in [0.4, 0.5) is 0 Å². The second-order valence-electron chi connectivity index (χ2n) is 6.47. The Kier molecular flexibility index (Phi) is 8.38. The minimum atomic E-state index is -0.483. The van der Waals surface area contributed by atoms with E-state index in [4.69, 9.17) is 0 Å². The van der Waals surface area contributed by atoms with Gasteiger partial charge in [-0.2, -0.15) is 0 Å². The number of nitrogens with one attached hydrogen (secondary N) is 2. The van der Waals surface area contributed by atoms with Gasteiger partial charge in [-0.25, -0.2) is 0 Å². The van der Waals surface area contributed by atoms with Gasteiger partial charge in [-0.1, -0.05) is 51.8 Å². The Morgan fingerprint density at radius 1 is 1.13 bits per heavy atom. The molecular formula is C19H30N2O2. The van der Waals surface area contributed by atoms with Crippen LogP contribution in [0, 0.1) is 12.8 Å². The van der Waals surface area contributed by atoms with Crippen LogP contribution in [0.5, 0.6) is 0 Å². The summed E-state index contributed by atoms with van der Waals surface area (Å²) in [5, 5.41) is 5.84. The van der Waals surface area contributed by atoms with E-state index in [2.05, 4.69) is 31.4 Å². The standard InChI is InChI=1S/C19H30N2O2/c1-5-6-9-12-20-19(23)17(13-14(2)3)21-18(22)16-11-8-7-10-15(16)4/h7-8,10-11,14,17H,5-6,9,12-13H2,1-4H3,(H,20,23)(H,21,22). The molecule has 4 nitrogen and oxygen atoms in total. The van der Waals surface area contributed by atoms with Crippen molar-refractivity contribution in [3.63, 3.8) is 0 Å². The first-order valence-electron chi connectivity index (χ1n) is 8.59. The van der Waals surface area contributed by atoms with Crippen molar-refractivity contribution in [1.29, 1.82) is 0 Å². The van der Waals surface area contributed by atoms with Crippen LogP contribution in [0.1, 0.15) is 62.4 Å². The van der Waals surface area contributed by atoms with Crippen LogP contribution in [0.3, 0.4) is 0 Å². The molecule has 0 bridgehead atoms. The fourth-order valence-corrected chi connectivity index (χ4v) is 2.48. The summed E-state index contributed by atoms with van der Waals surface area (Å²) in [7, 11) is 0. The first-order chi connectivity index (χ1) is 11.0. The minimum absolute atomic E-state index is 0.0864. The van der Waals surface area contributed by atoms with Crippen molar-refractivity contribution < 1.29 is 9.59 Å². The van der Waals surface area contributed by atoms with Gasteiger partial charge in [-0.3, -0.25) is 9.59 Å². The molecule has 0 spiro atoms. The Labute approximate surface area is 140 Å².